The molecule has 3 amide bonds. The first kappa shape index (κ1) is 17.7. The molecule has 1 aliphatic heterocycles. The number of nitrogens with zero attached hydrogens (tertiary/aromatic N) is 2. The molecule has 0 atom stereocenters. The van der Waals surface area contributed by atoms with E-state index in [4.69, 9.17) is 4.74 Å². The number of benzene rings is 2. The Morgan fingerprint density at radius 3 is 2.35 bits per heavy atom. The highest BCUT2D eigenvalue weighted by Gasteiger charge is 2.33. The second-order valence-corrected chi connectivity index (χ2v) is 6.17. The number of fused-ring (bicyclic) bond motifs is 1. The Morgan fingerprint density at radius 2 is 1.69 bits per heavy atom. The lowest BCUT2D eigenvalue weighted by Gasteiger charge is -2.18. The Morgan fingerprint density at radius 1 is 1.04 bits per heavy atom. The predicted molar refractivity (Wildman–Crippen MR) is 96.3 cm³/mol. The fraction of sp³-hybridized carbons (Fsp3) is 0.250. The largest absolute Gasteiger partial charge is 0.494 e. The molecule has 0 fully saturated rings. The third kappa shape index (κ3) is 3.18. The number of amides is 3. The Balaban J connectivity index is 1.75. The second kappa shape index (κ2) is 7.00. The summed E-state index contributed by atoms with van der Waals surface area (Å²) in [7, 11) is 3.13. The van der Waals surface area contributed by atoms with Crippen LogP contribution in [0.25, 0.3) is 0 Å². The molecule has 1 heterocycles. The third-order valence-corrected chi connectivity index (χ3v) is 4.34. The molecule has 6 heteroatoms. The summed E-state index contributed by atoms with van der Waals surface area (Å²) in [4.78, 5) is 39.3. The zero-order chi connectivity index (χ0) is 18.8. The van der Waals surface area contributed by atoms with Crippen molar-refractivity contribution in [3.63, 3.8) is 0 Å². The molecule has 2 aromatic carbocycles. The van der Waals surface area contributed by atoms with E-state index >= 15 is 0 Å². The number of imide groups is 1. The molecule has 0 saturated carbocycles. The summed E-state index contributed by atoms with van der Waals surface area (Å²) in [6.07, 6.45) is 0. The van der Waals surface area contributed by atoms with E-state index < -0.39 is 0 Å². The monoisotopic (exact) mass is 352 g/mol. The Hall–Kier alpha value is -3.15. The third-order valence-electron chi connectivity index (χ3n) is 4.34. The van der Waals surface area contributed by atoms with Crippen LogP contribution >= 0.6 is 0 Å². The lowest BCUT2D eigenvalue weighted by Crippen LogP contribution is -2.26. The van der Waals surface area contributed by atoms with E-state index in [-0.39, 0.29) is 23.3 Å². The molecule has 2 aromatic rings. The van der Waals surface area contributed by atoms with Gasteiger partial charge in [0, 0.05) is 26.2 Å². The first-order chi connectivity index (χ1) is 12.4. The summed E-state index contributed by atoms with van der Waals surface area (Å²) in [6, 6.07) is 12.2. The van der Waals surface area contributed by atoms with Crippen LogP contribution in [0.1, 0.15) is 43.6 Å². The summed E-state index contributed by atoms with van der Waals surface area (Å²) < 4.78 is 5.41. The number of carbonyl (C=O) groups is 3. The van der Waals surface area contributed by atoms with Gasteiger partial charge in [-0.1, -0.05) is 12.1 Å². The number of hydrogen-bond donors (Lipinski definition) is 0. The lowest BCUT2D eigenvalue weighted by atomic mass is 10.0. The fourth-order valence-corrected chi connectivity index (χ4v) is 2.92. The standard InChI is InChI=1S/C20H20N2O4/c1-4-26-15-8-5-13(6-9-15)12-21(2)18(23)14-7-10-16-17(11-14)20(25)22(3)19(16)24/h5-11H,4,12H2,1-3H3. The molecule has 0 aliphatic carbocycles. The van der Waals surface area contributed by atoms with Crippen molar-refractivity contribution < 1.29 is 19.1 Å². The molecule has 0 aromatic heterocycles. The van der Waals surface area contributed by atoms with Gasteiger partial charge in [0.1, 0.15) is 5.75 Å². The van der Waals surface area contributed by atoms with E-state index in [1.165, 1.54) is 19.2 Å². The molecule has 0 radical (unpaired) electrons. The Kier molecular flexibility index (Phi) is 4.75. The van der Waals surface area contributed by atoms with Crippen molar-refractivity contribution in [2.24, 2.45) is 0 Å². The van der Waals surface area contributed by atoms with Gasteiger partial charge in [-0.2, -0.15) is 0 Å². The van der Waals surface area contributed by atoms with Crippen molar-refractivity contribution in [2.75, 3.05) is 20.7 Å². The Labute approximate surface area is 152 Å². The molecular weight excluding hydrogens is 332 g/mol. The highest BCUT2D eigenvalue weighted by molar-refractivity contribution is 6.21. The molecule has 0 bridgehead atoms. The van der Waals surface area contributed by atoms with E-state index in [0.717, 1.165) is 16.2 Å². The summed E-state index contributed by atoms with van der Waals surface area (Å²) in [5, 5.41) is 0. The van der Waals surface area contributed by atoms with Crippen LogP contribution in [-0.2, 0) is 6.54 Å². The van der Waals surface area contributed by atoms with Gasteiger partial charge in [-0.3, -0.25) is 19.3 Å². The zero-order valence-electron chi connectivity index (χ0n) is 15.0. The van der Waals surface area contributed by atoms with Crippen LogP contribution in [0.3, 0.4) is 0 Å². The second-order valence-electron chi connectivity index (χ2n) is 6.17. The van der Waals surface area contributed by atoms with Gasteiger partial charge in [0.25, 0.3) is 17.7 Å². The van der Waals surface area contributed by atoms with Gasteiger partial charge < -0.3 is 9.64 Å². The molecule has 0 spiro atoms. The minimum Gasteiger partial charge on any atom is -0.494 e. The molecule has 1 aliphatic rings. The van der Waals surface area contributed by atoms with E-state index in [0.29, 0.717) is 24.3 Å². The fourth-order valence-electron chi connectivity index (χ4n) is 2.92. The molecule has 134 valence electrons. The van der Waals surface area contributed by atoms with E-state index in [2.05, 4.69) is 0 Å². The van der Waals surface area contributed by atoms with Crippen LogP contribution in [0, 0.1) is 0 Å². The van der Waals surface area contributed by atoms with Gasteiger partial charge in [-0.05, 0) is 42.8 Å². The van der Waals surface area contributed by atoms with Crippen molar-refractivity contribution in [1.82, 2.24) is 9.80 Å². The maximum absolute atomic E-state index is 12.7. The minimum absolute atomic E-state index is 0.212. The van der Waals surface area contributed by atoms with Crippen molar-refractivity contribution in [2.45, 2.75) is 13.5 Å². The molecular formula is C20H20N2O4. The van der Waals surface area contributed by atoms with Crippen LogP contribution in [0.4, 0.5) is 0 Å². The van der Waals surface area contributed by atoms with Gasteiger partial charge in [0.05, 0.1) is 17.7 Å². The van der Waals surface area contributed by atoms with Crippen molar-refractivity contribution in [3.05, 3.63) is 64.7 Å². The molecule has 0 saturated heterocycles. The van der Waals surface area contributed by atoms with E-state index in [9.17, 15) is 14.4 Å². The van der Waals surface area contributed by atoms with Crippen LogP contribution in [0.2, 0.25) is 0 Å². The average Bonchev–Trinajstić information content (AvgIpc) is 2.87. The van der Waals surface area contributed by atoms with Crippen molar-refractivity contribution >= 4 is 17.7 Å². The summed E-state index contributed by atoms with van der Waals surface area (Å²) in [6.45, 7) is 2.95. The number of hydrogen-bond acceptors (Lipinski definition) is 4. The lowest BCUT2D eigenvalue weighted by molar-refractivity contribution is 0.0692. The number of rotatable bonds is 5. The normalized spacial score (nSPS) is 13.0. The number of ether oxygens (including phenoxy) is 1. The molecule has 3 rings (SSSR count). The van der Waals surface area contributed by atoms with Crippen LogP contribution < -0.4 is 4.74 Å². The van der Waals surface area contributed by atoms with Crippen molar-refractivity contribution in [1.29, 1.82) is 0 Å². The van der Waals surface area contributed by atoms with Gasteiger partial charge in [0.2, 0.25) is 0 Å². The van der Waals surface area contributed by atoms with Crippen LogP contribution in [0.15, 0.2) is 42.5 Å². The topological polar surface area (TPSA) is 66.9 Å². The first-order valence-corrected chi connectivity index (χ1v) is 8.36. The summed E-state index contributed by atoms with van der Waals surface area (Å²) in [5.74, 6) is -0.145. The molecule has 26 heavy (non-hydrogen) atoms. The first-order valence-electron chi connectivity index (χ1n) is 8.36. The minimum atomic E-state index is -0.381. The van der Waals surface area contributed by atoms with Gasteiger partial charge in [-0.15, -0.1) is 0 Å². The maximum atomic E-state index is 12.7. The van der Waals surface area contributed by atoms with E-state index in [1.54, 1.807) is 18.0 Å². The highest BCUT2D eigenvalue weighted by atomic mass is 16.5. The summed E-state index contributed by atoms with van der Waals surface area (Å²) in [5.41, 5.74) is 1.96. The highest BCUT2D eigenvalue weighted by Crippen LogP contribution is 2.23. The predicted octanol–water partition coefficient (Wildman–Crippen LogP) is 2.58. The summed E-state index contributed by atoms with van der Waals surface area (Å²) >= 11 is 0. The Bertz CT molecular complexity index is 874. The van der Waals surface area contributed by atoms with Crippen LogP contribution in [-0.4, -0.2) is 48.2 Å². The number of carbonyl (C=O) groups excluding carboxylic acids is 3. The molecule has 6 nitrogen and oxygen atoms in total. The van der Waals surface area contributed by atoms with Gasteiger partial charge >= 0.3 is 0 Å². The van der Waals surface area contributed by atoms with Gasteiger partial charge in [-0.25, -0.2) is 0 Å². The smallest absolute Gasteiger partial charge is 0.261 e. The quantitative estimate of drug-likeness (QED) is 0.776. The van der Waals surface area contributed by atoms with E-state index in [1.807, 2.05) is 31.2 Å². The van der Waals surface area contributed by atoms with Gasteiger partial charge in [0.15, 0.2) is 0 Å². The zero-order valence-corrected chi connectivity index (χ0v) is 15.0. The SMILES string of the molecule is CCOc1ccc(CN(C)C(=O)c2ccc3c(c2)C(=O)N(C)C3=O)cc1. The average molecular weight is 352 g/mol. The van der Waals surface area contributed by atoms with Crippen molar-refractivity contribution in [3.8, 4) is 5.75 Å². The van der Waals surface area contributed by atoms with Crippen LogP contribution in [0.5, 0.6) is 5.75 Å². The molecule has 0 unspecified atom stereocenters. The maximum Gasteiger partial charge on any atom is 0.261 e. The molecule has 0 N–H and O–H groups in total.